The van der Waals surface area contributed by atoms with Gasteiger partial charge in [-0.1, -0.05) is 38.5 Å². The van der Waals surface area contributed by atoms with Gasteiger partial charge in [-0.2, -0.15) is 17.4 Å². The van der Waals surface area contributed by atoms with Gasteiger partial charge < -0.3 is 10.2 Å². The molecule has 0 spiro atoms. The summed E-state index contributed by atoms with van der Waals surface area (Å²) in [4.78, 5) is 19.9. The van der Waals surface area contributed by atoms with Crippen molar-refractivity contribution in [3.8, 4) is 11.5 Å². The van der Waals surface area contributed by atoms with E-state index in [9.17, 15) is 30.4 Å². The van der Waals surface area contributed by atoms with Crippen LogP contribution in [-0.2, 0) is 33.1 Å². The quantitative estimate of drug-likeness (QED) is 0.262. The third-order valence-electron chi connectivity index (χ3n) is 8.48. The Morgan fingerprint density at radius 2 is 1.31 bits per heavy atom. The molecule has 0 amide bonds. The summed E-state index contributed by atoms with van der Waals surface area (Å²) in [6.45, 7) is 0.370. The molecule has 0 saturated heterocycles. The molecule has 3 heterocycles. The molecule has 2 N–H and O–H groups in total. The summed E-state index contributed by atoms with van der Waals surface area (Å²) in [6, 6.07) is 6.64. The molecular formula is C31H43F2N7O6S2. The Balaban J connectivity index is 0.000000220. The molecular weight excluding hydrogens is 669 g/mol. The van der Waals surface area contributed by atoms with Crippen LogP contribution >= 0.6 is 0 Å². The minimum atomic E-state index is -3.36. The number of hydrogen-bond donors (Lipinski definition) is 1. The van der Waals surface area contributed by atoms with Crippen molar-refractivity contribution >= 4 is 25.8 Å². The Morgan fingerprint density at radius 1 is 0.812 bits per heavy atom. The predicted molar refractivity (Wildman–Crippen MR) is 175 cm³/mol. The maximum absolute atomic E-state index is 12.5. The normalized spacial score (nSPS) is 16.7. The molecule has 3 aromatic rings. The molecule has 0 bridgehead atoms. The molecule has 13 nitrogen and oxygen atoms in total. The highest BCUT2D eigenvalue weighted by molar-refractivity contribution is 7.88. The number of ketones is 1. The van der Waals surface area contributed by atoms with Gasteiger partial charge in [0, 0.05) is 30.0 Å². The minimum Gasteiger partial charge on any atom is -0.415 e. The van der Waals surface area contributed by atoms with Gasteiger partial charge in [0.15, 0.2) is 5.78 Å². The van der Waals surface area contributed by atoms with E-state index in [2.05, 4.69) is 20.2 Å². The fraction of sp³-hybridized carbons (Fsp3) is 0.581. The van der Waals surface area contributed by atoms with Gasteiger partial charge in [-0.25, -0.2) is 16.8 Å². The largest absolute Gasteiger partial charge is 0.415 e. The van der Waals surface area contributed by atoms with E-state index in [-0.39, 0.29) is 43.4 Å². The Kier molecular flexibility index (Phi) is 13.2. The minimum absolute atomic E-state index is 0.00948. The van der Waals surface area contributed by atoms with E-state index in [0.717, 1.165) is 57.8 Å². The van der Waals surface area contributed by atoms with Crippen LogP contribution in [-0.4, -0.2) is 82.5 Å². The van der Waals surface area contributed by atoms with Crippen LogP contribution in [0, 0.1) is 0 Å². The number of hydrogen-bond acceptors (Lipinski definition) is 11. The number of halogens is 2. The molecule has 2 aliphatic rings. The van der Waals surface area contributed by atoms with Crippen LogP contribution in [0.5, 0.6) is 0 Å². The number of pyridine rings is 2. The van der Waals surface area contributed by atoms with Crippen LogP contribution in [0.2, 0.25) is 0 Å². The lowest BCUT2D eigenvalue weighted by molar-refractivity contribution is 0.100. The van der Waals surface area contributed by atoms with Crippen LogP contribution in [0.15, 0.2) is 41.1 Å². The average molecular weight is 712 g/mol. The predicted octanol–water partition coefficient (Wildman–Crippen LogP) is 4.48. The van der Waals surface area contributed by atoms with Crippen molar-refractivity contribution in [2.45, 2.75) is 95.8 Å². The first-order valence-corrected chi connectivity index (χ1v) is 19.6. The Labute approximate surface area is 280 Å². The average Bonchev–Trinajstić information content (AvgIpc) is 3.57. The standard InChI is InChI=1S/C16H20F2N4O3S.C15H23N3O3S/c1-26(23,24)22(13-5-3-2-4-6-13)10-12-8-7-11(9-19-12)15-20-21-16(25-15)14(17)18;1-22(20,21)18(14-5-3-2-4-6-14)11-13-8-7-12(10-17-13)15(19)9-16/h7-9,13-14H,2-6,10H2,1H3;7-8,10,14H,2-6,9,11,16H2,1H3. The molecule has 264 valence electrons. The molecule has 48 heavy (non-hydrogen) atoms. The van der Waals surface area contributed by atoms with Gasteiger partial charge in [0.05, 0.1) is 49.1 Å². The third kappa shape index (κ3) is 10.6. The zero-order valence-corrected chi connectivity index (χ0v) is 28.8. The van der Waals surface area contributed by atoms with E-state index in [0.29, 0.717) is 22.5 Å². The van der Waals surface area contributed by atoms with Crippen molar-refractivity contribution < 1.29 is 34.8 Å². The first-order chi connectivity index (χ1) is 22.8. The lowest BCUT2D eigenvalue weighted by atomic mass is 9.95. The maximum atomic E-state index is 12.5. The van der Waals surface area contributed by atoms with Gasteiger partial charge >= 0.3 is 6.43 Å². The molecule has 0 aliphatic heterocycles. The van der Waals surface area contributed by atoms with Crippen LogP contribution in [0.25, 0.3) is 11.5 Å². The zero-order valence-electron chi connectivity index (χ0n) is 27.2. The summed E-state index contributed by atoms with van der Waals surface area (Å²) < 4.78 is 81.5. The van der Waals surface area contributed by atoms with E-state index < -0.39 is 32.4 Å². The molecule has 2 saturated carbocycles. The van der Waals surface area contributed by atoms with Gasteiger partial charge in [0.1, 0.15) is 0 Å². The summed E-state index contributed by atoms with van der Waals surface area (Å²) in [5.41, 5.74) is 7.38. The van der Waals surface area contributed by atoms with Crippen LogP contribution in [0.4, 0.5) is 8.78 Å². The summed E-state index contributed by atoms with van der Waals surface area (Å²) >= 11 is 0. The summed E-state index contributed by atoms with van der Waals surface area (Å²) in [6.07, 6.45) is 12.5. The smallest absolute Gasteiger partial charge is 0.314 e. The number of nitrogens with zero attached hydrogens (tertiary/aromatic N) is 6. The maximum Gasteiger partial charge on any atom is 0.314 e. The summed E-state index contributed by atoms with van der Waals surface area (Å²) in [5.74, 6) is -0.970. The number of rotatable bonds is 12. The van der Waals surface area contributed by atoms with E-state index in [1.807, 2.05) is 0 Å². The highest BCUT2D eigenvalue weighted by Gasteiger charge is 2.30. The van der Waals surface area contributed by atoms with Crippen molar-refractivity contribution in [3.05, 3.63) is 59.5 Å². The first kappa shape index (κ1) is 37.6. The fourth-order valence-electron chi connectivity index (χ4n) is 5.98. The summed E-state index contributed by atoms with van der Waals surface area (Å²) in [7, 11) is -6.65. The number of carbonyl (C=O) groups is 1. The summed E-state index contributed by atoms with van der Waals surface area (Å²) in [5, 5.41) is 6.84. The molecule has 0 unspecified atom stereocenters. The first-order valence-electron chi connectivity index (χ1n) is 15.9. The Bertz CT molecular complexity index is 1690. The third-order valence-corrected chi connectivity index (χ3v) is 11.0. The van der Waals surface area contributed by atoms with E-state index in [4.69, 9.17) is 10.2 Å². The second kappa shape index (κ2) is 16.9. The monoisotopic (exact) mass is 711 g/mol. The molecule has 2 aliphatic carbocycles. The molecule has 17 heteroatoms. The highest BCUT2D eigenvalue weighted by Crippen LogP contribution is 2.28. The molecule has 3 aromatic heterocycles. The number of carbonyl (C=O) groups excluding carboxylic acids is 1. The second-order valence-electron chi connectivity index (χ2n) is 12.1. The lowest BCUT2D eigenvalue weighted by Gasteiger charge is -2.32. The van der Waals surface area contributed by atoms with Gasteiger partial charge in [0.25, 0.3) is 5.89 Å². The van der Waals surface area contributed by atoms with Crippen molar-refractivity contribution in [3.63, 3.8) is 0 Å². The van der Waals surface area contributed by atoms with E-state index in [1.165, 1.54) is 35.6 Å². The molecule has 0 atom stereocenters. The topological polar surface area (TPSA) is 183 Å². The van der Waals surface area contributed by atoms with Gasteiger partial charge in [0.2, 0.25) is 25.9 Å². The van der Waals surface area contributed by atoms with Crippen LogP contribution in [0.3, 0.4) is 0 Å². The van der Waals surface area contributed by atoms with Crippen molar-refractivity contribution in [2.75, 3.05) is 19.1 Å². The van der Waals surface area contributed by atoms with Crippen molar-refractivity contribution in [1.82, 2.24) is 28.8 Å². The van der Waals surface area contributed by atoms with Gasteiger partial charge in [-0.05, 0) is 49.9 Å². The molecule has 0 aromatic carbocycles. The van der Waals surface area contributed by atoms with Gasteiger partial charge in [-0.3, -0.25) is 14.8 Å². The Morgan fingerprint density at radius 3 is 1.69 bits per heavy atom. The van der Waals surface area contributed by atoms with Gasteiger partial charge in [-0.15, -0.1) is 10.2 Å². The SMILES string of the molecule is CS(=O)(=O)N(Cc1ccc(-c2nnc(C(F)F)o2)cn1)C1CCCCC1.CS(=O)(=O)N(Cc1ccc(C(=O)CN)cn1)C1CCCCC1. The number of Topliss-reactive ketones (excluding diaryl/α,β-unsaturated/α-hetero) is 1. The molecule has 2 fully saturated rings. The number of nitrogens with two attached hydrogens (primary N) is 1. The number of aromatic nitrogens is 4. The number of sulfonamides is 2. The molecule has 0 radical (unpaired) electrons. The van der Waals surface area contributed by atoms with Crippen molar-refractivity contribution in [2.24, 2.45) is 5.73 Å². The highest BCUT2D eigenvalue weighted by atomic mass is 32.2. The van der Waals surface area contributed by atoms with Crippen molar-refractivity contribution in [1.29, 1.82) is 0 Å². The van der Waals surface area contributed by atoms with E-state index >= 15 is 0 Å². The fourth-order valence-corrected chi connectivity index (χ4v) is 8.21. The lowest BCUT2D eigenvalue weighted by Crippen LogP contribution is -2.40. The molecule has 5 rings (SSSR count). The zero-order chi connectivity index (χ0) is 34.9. The number of alkyl halides is 2. The van der Waals surface area contributed by atoms with Crippen LogP contribution in [0.1, 0.15) is 98.3 Å². The van der Waals surface area contributed by atoms with Crippen LogP contribution < -0.4 is 5.73 Å². The second-order valence-corrected chi connectivity index (χ2v) is 16.0. The van der Waals surface area contributed by atoms with E-state index in [1.54, 1.807) is 28.6 Å². The Hall–Kier alpha value is -3.25.